The van der Waals surface area contributed by atoms with Crippen LogP contribution in [0.5, 0.6) is 0 Å². The van der Waals surface area contributed by atoms with Gasteiger partial charge in [-0.1, -0.05) is 168 Å². The lowest BCUT2D eigenvalue weighted by molar-refractivity contribution is -0.870. The lowest BCUT2D eigenvalue weighted by Crippen LogP contribution is -2.46. The normalized spacial score (nSPS) is 14.6. The highest BCUT2D eigenvalue weighted by Gasteiger charge is 2.28. The molecule has 0 aromatic carbocycles. The van der Waals surface area contributed by atoms with Gasteiger partial charge < -0.3 is 19.8 Å². The Kier molecular flexibility index (Phi) is 31.1. The number of aliphatic hydroxyl groups excluding tert-OH is 1. The Hall–Kier alpha value is -0.500. The van der Waals surface area contributed by atoms with Crippen molar-refractivity contribution in [3.05, 3.63) is 0 Å². The number of likely N-dealkylation sites (N-methyl/N-ethyl adjacent to an activating group) is 1. The van der Waals surface area contributed by atoms with Gasteiger partial charge in [-0.25, -0.2) is 4.57 Å². The molecule has 0 aliphatic carbocycles. The van der Waals surface area contributed by atoms with Crippen molar-refractivity contribution in [2.75, 3.05) is 40.9 Å². The highest BCUT2D eigenvalue weighted by Crippen LogP contribution is 2.43. The molecule has 1 amide bonds. The van der Waals surface area contributed by atoms with E-state index < -0.39 is 20.0 Å². The quantitative estimate of drug-likeness (QED) is 0.0343. The van der Waals surface area contributed by atoms with Crippen molar-refractivity contribution in [2.24, 2.45) is 0 Å². The van der Waals surface area contributed by atoms with Gasteiger partial charge in [0.2, 0.25) is 5.91 Å². The van der Waals surface area contributed by atoms with Crippen LogP contribution in [-0.2, 0) is 18.4 Å². The molecule has 3 unspecified atom stereocenters. The van der Waals surface area contributed by atoms with Gasteiger partial charge in [0.05, 0.1) is 39.9 Å². The summed E-state index contributed by atoms with van der Waals surface area (Å²) in [5.74, 6) is -0.146. The maximum Gasteiger partial charge on any atom is 0.472 e. The Morgan fingerprint density at radius 2 is 1.02 bits per heavy atom. The highest BCUT2D eigenvalue weighted by atomic mass is 31.2. The molecule has 0 bridgehead atoms. The summed E-state index contributed by atoms with van der Waals surface area (Å²) in [6.07, 6.45) is 31.4. The second-order valence-corrected chi connectivity index (χ2v) is 16.5. The molecule has 0 heterocycles. The molecule has 282 valence electrons. The fraction of sp³-hybridized carbons (Fsp3) is 0.974. The Balaban J connectivity index is 4.22. The van der Waals surface area contributed by atoms with E-state index in [2.05, 4.69) is 19.2 Å². The van der Waals surface area contributed by atoms with Crippen molar-refractivity contribution < 1.29 is 32.9 Å². The Labute approximate surface area is 291 Å². The molecule has 0 radical (unpaired) electrons. The molecule has 0 spiro atoms. The molecule has 3 atom stereocenters. The third kappa shape index (κ3) is 33.8. The molecule has 47 heavy (non-hydrogen) atoms. The topological polar surface area (TPSA) is 105 Å². The fourth-order valence-electron chi connectivity index (χ4n) is 5.87. The van der Waals surface area contributed by atoms with Crippen molar-refractivity contribution in [2.45, 2.75) is 199 Å². The van der Waals surface area contributed by atoms with E-state index in [1.54, 1.807) is 0 Å². The number of unbranched alkanes of at least 4 members (excludes halogenated alkanes) is 23. The van der Waals surface area contributed by atoms with Crippen LogP contribution in [0.2, 0.25) is 0 Å². The first kappa shape index (κ1) is 46.5. The summed E-state index contributed by atoms with van der Waals surface area (Å²) in [4.78, 5) is 22.9. The highest BCUT2D eigenvalue weighted by molar-refractivity contribution is 7.47. The van der Waals surface area contributed by atoms with Gasteiger partial charge in [-0.05, 0) is 12.8 Å². The number of hydrogen-bond acceptors (Lipinski definition) is 5. The first-order valence-electron chi connectivity index (χ1n) is 19.9. The van der Waals surface area contributed by atoms with E-state index in [1.165, 1.54) is 122 Å². The SMILES string of the molecule is CCCCCCCCCCCCCCCCCCCCC(=O)NC(COP(=O)(O)OCC[N+](C)(C)C)C(O)CCCCCCCCC. The standard InChI is InChI=1S/C38H79N2O6P/c1-6-8-10-12-14-15-16-17-18-19-20-21-22-23-24-26-28-30-32-38(42)39-36(37(41)31-29-27-25-13-11-9-7-2)35-46-47(43,44)45-34-33-40(3,4)5/h36-37,41H,6-35H2,1-5H3,(H-,39,42,43,44)/p+1. The summed E-state index contributed by atoms with van der Waals surface area (Å²) in [6, 6.07) is -0.749. The molecule has 0 saturated carbocycles. The average molecular weight is 692 g/mol. The number of amides is 1. The van der Waals surface area contributed by atoms with Gasteiger partial charge in [0.25, 0.3) is 0 Å². The number of nitrogens with zero attached hydrogens (tertiary/aromatic N) is 1. The molecular weight excluding hydrogens is 611 g/mol. The number of phosphoric ester groups is 1. The van der Waals surface area contributed by atoms with E-state index >= 15 is 0 Å². The van der Waals surface area contributed by atoms with E-state index in [-0.39, 0.29) is 19.1 Å². The van der Waals surface area contributed by atoms with E-state index in [4.69, 9.17) is 9.05 Å². The van der Waals surface area contributed by atoms with Gasteiger partial charge in [0.15, 0.2) is 0 Å². The number of nitrogens with one attached hydrogen (secondary N) is 1. The van der Waals surface area contributed by atoms with Crippen LogP contribution < -0.4 is 5.32 Å². The summed E-state index contributed by atoms with van der Waals surface area (Å²) >= 11 is 0. The third-order valence-corrected chi connectivity index (χ3v) is 10.1. The molecule has 0 rings (SSSR count). The molecule has 3 N–H and O–H groups in total. The maximum atomic E-state index is 12.8. The molecule has 0 aliphatic heterocycles. The van der Waals surface area contributed by atoms with Crippen LogP contribution in [0, 0.1) is 0 Å². The number of carbonyl (C=O) groups excluding carboxylic acids is 1. The smallest absolute Gasteiger partial charge is 0.391 e. The largest absolute Gasteiger partial charge is 0.472 e. The van der Waals surface area contributed by atoms with Gasteiger partial charge in [-0.2, -0.15) is 0 Å². The van der Waals surface area contributed by atoms with Crippen LogP contribution in [-0.4, -0.2) is 73.4 Å². The molecule has 0 aromatic rings. The predicted molar refractivity (Wildman–Crippen MR) is 199 cm³/mol. The molecule has 0 saturated heterocycles. The van der Waals surface area contributed by atoms with Crippen LogP contribution in [0.4, 0.5) is 0 Å². The van der Waals surface area contributed by atoms with Gasteiger partial charge in [-0.3, -0.25) is 13.8 Å². The second-order valence-electron chi connectivity index (χ2n) is 15.0. The zero-order valence-corrected chi connectivity index (χ0v) is 32.7. The molecule has 0 aromatic heterocycles. The van der Waals surface area contributed by atoms with Crippen LogP contribution in [0.25, 0.3) is 0 Å². The average Bonchev–Trinajstić information content (AvgIpc) is 3.01. The lowest BCUT2D eigenvalue weighted by Gasteiger charge is -2.26. The van der Waals surface area contributed by atoms with Gasteiger partial charge in [0, 0.05) is 6.42 Å². The summed E-state index contributed by atoms with van der Waals surface area (Å²) < 4.78 is 23.4. The number of aliphatic hydroxyl groups is 1. The Bertz CT molecular complexity index is 748. The maximum absolute atomic E-state index is 12.8. The zero-order chi connectivity index (χ0) is 35.1. The fourth-order valence-corrected chi connectivity index (χ4v) is 6.60. The summed E-state index contributed by atoms with van der Waals surface area (Å²) in [7, 11) is 1.62. The predicted octanol–water partition coefficient (Wildman–Crippen LogP) is 10.2. The summed E-state index contributed by atoms with van der Waals surface area (Å²) in [6.45, 7) is 4.84. The Morgan fingerprint density at radius 3 is 1.43 bits per heavy atom. The number of phosphoric acid groups is 1. The first-order valence-corrected chi connectivity index (χ1v) is 21.4. The van der Waals surface area contributed by atoms with E-state index in [1.807, 2.05) is 21.1 Å². The Morgan fingerprint density at radius 1 is 0.638 bits per heavy atom. The van der Waals surface area contributed by atoms with E-state index in [9.17, 15) is 19.4 Å². The third-order valence-electron chi connectivity index (χ3n) is 9.11. The number of rotatable bonds is 36. The van der Waals surface area contributed by atoms with Crippen molar-refractivity contribution >= 4 is 13.7 Å². The van der Waals surface area contributed by atoms with E-state index in [0.717, 1.165) is 38.5 Å². The lowest BCUT2D eigenvalue weighted by atomic mass is 10.0. The molecule has 0 aliphatic rings. The monoisotopic (exact) mass is 692 g/mol. The van der Waals surface area contributed by atoms with E-state index in [0.29, 0.717) is 23.9 Å². The summed E-state index contributed by atoms with van der Waals surface area (Å²) in [5, 5.41) is 13.8. The van der Waals surface area contributed by atoms with Gasteiger partial charge in [-0.15, -0.1) is 0 Å². The number of quaternary nitrogens is 1. The van der Waals surface area contributed by atoms with Gasteiger partial charge >= 0.3 is 7.82 Å². The first-order chi connectivity index (χ1) is 22.5. The molecule has 9 heteroatoms. The van der Waals surface area contributed by atoms with Crippen LogP contribution in [0.1, 0.15) is 187 Å². The van der Waals surface area contributed by atoms with Crippen LogP contribution >= 0.6 is 7.82 Å². The second kappa shape index (κ2) is 31.5. The minimum atomic E-state index is -4.29. The number of hydrogen-bond donors (Lipinski definition) is 3. The zero-order valence-electron chi connectivity index (χ0n) is 31.8. The van der Waals surface area contributed by atoms with Crippen molar-refractivity contribution in [3.8, 4) is 0 Å². The van der Waals surface area contributed by atoms with Gasteiger partial charge in [0.1, 0.15) is 13.2 Å². The summed E-state index contributed by atoms with van der Waals surface area (Å²) in [5.41, 5.74) is 0. The molecular formula is C38H80N2O6P+. The molecule has 0 fully saturated rings. The van der Waals surface area contributed by atoms with Crippen molar-refractivity contribution in [1.82, 2.24) is 5.32 Å². The molecule has 8 nitrogen and oxygen atoms in total. The van der Waals surface area contributed by atoms with Crippen LogP contribution in [0.15, 0.2) is 0 Å². The van der Waals surface area contributed by atoms with Crippen molar-refractivity contribution in [1.29, 1.82) is 0 Å². The minimum absolute atomic E-state index is 0.0776. The van der Waals surface area contributed by atoms with Crippen molar-refractivity contribution in [3.63, 3.8) is 0 Å². The van der Waals surface area contributed by atoms with Crippen LogP contribution in [0.3, 0.4) is 0 Å². The minimum Gasteiger partial charge on any atom is -0.391 e. The number of carbonyl (C=O) groups is 1.